The van der Waals surface area contributed by atoms with Gasteiger partial charge >= 0.3 is 179 Å². The topological polar surface area (TPSA) is 29.5 Å². The van der Waals surface area contributed by atoms with Gasteiger partial charge in [-0.05, 0) is 0 Å². The molecule has 140 valence electrons. The van der Waals surface area contributed by atoms with E-state index in [0.29, 0.717) is 12.2 Å². The van der Waals surface area contributed by atoms with Crippen molar-refractivity contribution < 1.29 is 9.84 Å². The van der Waals surface area contributed by atoms with E-state index in [2.05, 4.69) is 43.0 Å². The van der Waals surface area contributed by atoms with Crippen LogP contribution in [0.5, 0.6) is 11.5 Å². The number of benzene rings is 2. The molecular formula is C23H19AsO2S2. The van der Waals surface area contributed by atoms with Crippen LogP contribution >= 0.6 is 21.8 Å². The molecule has 2 aromatic carbocycles. The van der Waals surface area contributed by atoms with Gasteiger partial charge in [0.15, 0.2) is 0 Å². The SMILES string of the molecule is C=C1C=CC2Oc3ccc(O)c(-c4cccc5c4CC=C5)c3CC2=C1[As](S)S. The van der Waals surface area contributed by atoms with Gasteiger partial charge in [0.05, 0.1) is 0 Å². The molecule has 3 aliphatic rings. The van der Waals surface area contributed by atoms with Gasteiger partial charge in [0.25, 0.3) is 0 Å². The zero-order valence-corrected chi connectivity index (χ0v) is 18.8. The van der Waals surface area contributed by atoms with Crippen LogP contribution in [0.25, 0.3) is 17.2 Å². The van der Waals surface area contributed by atoms with E-state index in [1.165, 1.54) is 16.7 Å². The number of fused-ring (bicyclic) bond motifs is 3. The van der Waals surface area contributed by atoms with Crippen molar-refractivity contribution in [3.8, 4) is 22.6 Å². The normalized spacial score (nSPS) is 19.5. The molecule has 1 aliphatic heterocycles. The van der Waals surface area contributed by atoms with Crippen molar-refractivity contribution in [2.24, 2.45) is 0 Å². The molecule has 0 spiro atoms. The fourth-order valence-electron chi connectivity index (χ4n) is 4.35. The second-order valence-electron chi connectivity index (χ2n) is 7.18. The Morgan fingerprint density at radius 3 is 2.79 bits per heavy atom. The van der Waals surface area contributed by atoms with Crippen LogP contribution in [-0.4, -0.2) is 23.5 Å². The second kappa shape index (κ2) is 6.95. The second-order valence-corrected chi connectivity index (χ2v) is 15.1. The third kappa shape index (κ3) is 2.82. The minimum atomic E-state index is -1.74. The van der Waals surface area contributed by atoms with Crippen molar-refractivity contribution in [2.45, 2.75) is 18.9 Å². The Hall–Kier alpha value is -1.74. The van der Waals surface area contributed by atoms with E-state index in [-0.39, 0.29) is 6.10 Å². The molecule has 2 nitrogen and oxygen atoms in total. The van der Waals surface area contributed by atoms with E-state index in [9.17, 15) is 5.11 Å². The Morgan fingerprint density at radius 1 is 1.11 bits per heavy atom. The summed E-state index contributed by atoms with van der Waals surface area (Å²) in [5.41, 5.74) is 7.63. The average Bonchev–Trinajstić information content (AvgIpc) is 3.15. The molecule has 0 amide bonds. The van der Waals surface area contributed by atoms with Gasteiger partial charge in [0.2, 0.25) is 0 Å². The van der Waals surface area contributed by atoms with Crippen LogP contribution < -0.4 is 4.74 Å². The van der Waals surface area contributed by atoms with Gasteiger partial charge in [-0.3, -0.25) is 0 Å². The summed E-state index contributed by atoms with van der Waals surface area (Å²) >= 11 is -1.74. The molecule has 0 saturated heterocycles. The standard InChI is InChI=1S/C23H19AsO2S2/c1-13-8-10-21-18(23(13)24(27)28)12-17-20(26-21)11-9-19(25)22(17)16-7-3-5-14-4-2-6-15(14)16/h2-5,7-11,21,25,27-28H,1,6,12H2. The van der Waals surface area contributed by atoms with E-state index >= 15 is 0 Å². The molecular weight excluding hydrogens is 447 g/mol. The number of phenolic OH excluding ortho intramolecular Hbond substituents is 1. The number of hydrogen-bond donors (Lipinski definition) is 3. The van der Waals surface area contributed by atoms with E-state index in [0.717, 1.165) is 38.8 Å². The summed E-state index contributed by atoms with van der Waals surface area (Å²) in [6.45, 7) is 4.19. The third-order valence-corrected chi connectivity index (χ3v) is 9.72. The molecule has 1 atom stereocenters. The molecule has 28 heavy (non-hydrogen) atoms. The van der Waals surface area contributed by atoms with Crippen LogP contribution in [0.15, 0.2) is 70.6 Å². The molecule has 1 unspecified atom stereocenters. The van der Waals surface area contributed by atoms with E-state index in [4.69, 9.17) is 26.5 Å². The van der Waals surface area contributed by atoms with Crippen LogP contribution in [0.2, 0.25) is 0 Å². The molecule has 0 saturated carbocycles. The van der Waals surface area contributed by atoms with Crippen molar-refractivity contribution >= 4 is 40.2 Å². The fraction of sp³-hybridized carbons (Fsp3) is 0.130. The number of hydrogen-bond acceptors (Lipinski definition) is 4. The van der Waals surface area contributed by atoms with E-state index < -0.39 is 12.3 Å². The quantitative estimate of drug-likeness (QED) is 0.418. The first-order chi connectivity index (χ1) is 13.5. The van der Waals surface area contributed by atoms with Gasteiger partial charge in [-0.15, -0.1) is 0 Å². The summed E-state index contributed by atoms with van der Waals surface area (Å²) in [7, 11) is 9.40. The number of phenols is 1. The Bertz CT molecular complexity index is 1110. The molecule has 5 heteroatoms. The van der Waals surface area contributed by atoms with Gasteiger partial charge in [-0.1, -0.05) is 0 Å². The predicted octanol–water partition coefficient (Wildman–Crippen LogP) is 5.24. The first-order valence-electron chi connectivity index (χ1n) is 9.13. The Kier molecular flexibility index (Phi) is 4.54. The number of allylic oxidation sites excluding steroid dienone is 4. The van der Waals surface area contributed by atoms with Crippen molar-refractivity contribution in [3.05, 3.63) is 87.3 Å². The van der Waals surface area contributed by atoms with E-state index in [1.54, 1.807) is 6.07 Å². The third-order valence-electron chi connectivity index (χ3n) is 5.59. The number of rotatable bonds is 2. The molecule has 1 heterocycles. The molecule has 0 aromatic heterocycles. The van der Waals surface area contributed by atoms with Crippen molar-refractivity contribution in [2.75, 3.05) is 0 Å². The molecule has 2 aliphatic carbocycles. The number of thiol groups is 2. The molecule has 0 bridgehead atoms. The summed E-state index contributed by atoms with van der Waals surface area (Å²) in [6.07, 6.45) is 9.87. The van der Waals surface area contributed by atoms with Crippen molar-refractivity contribution in [1.82, 2.24) is 0 Å². The molecule has 0 fully saturated rings. The summed E-state index contributed by atoms with van der Waals surface area (Å²) < 4.78 is 7.50. The average molecular weight is 466 g/mol. The van der Waals surface area contributed by atoms with Crippen molar-refractivity contribution in [3.63, 3.8) is 0 Å². The summed E-state index contributed by atoms with van der Waals surface area (Å²) in [6, 6.07) is 9.88. The van der Waals surface area contributed by atoms with Crippen LogP contribution in [0.1, 0.15) is 16.7 Å². The summed E-state index contributed by atoms with van der Waals surface area (Å²) in [4.78, 5) is 0. The van der Waals surface area contributed by atoms with Crippen LogP contribution in [0.4, 0.5) is 0 Å². The first kappa shape index (κ1) is 18.3. The number of ether oxygens (including phenoxy) is 1. The number of aromatic hydroxyl groups is 1. The monoisotopic (exact) mass is 466 g/mol. The van der Waals surface area contributed by atoms with Crippen LogP contribution in [0, 0.1) is 0 Å². The van der Waals surface area contributed by atoms with Gasteiger partial charge in [-0.2, -0.15) is 0 Å². The van der Waals surface area contributed by atoms with Gasteiger partial charge in [-0.25, -0.2) is 0 Å². The predicted molar refractivity (Wildman–Crippen MR) is 123 cm³/mol. The first-order valence-corrected chi connectivity index (χ1v) is 15.9. The molecule has 1 N–H and O–H groups in total. The van der Waals surface area contributed by atoms with Gasteiger partial charge in [0, 0.05) is 0 Å². The van der Waals surface area contributed by atoms with Crippen molar-refractivity contribution in [1.29, 1.82) is 0 Å². The van der Waals surface area contributed by atoms with Crippen LogP contribution in [0.3, 0.4) is 0 Å². The van der Waals surface area contributed by atoms with Crippen LogP contribution in [-0.2, 0) is 12.8 Å². The van der Waals surface area contributed by atoms with E-state index in [1.807, 2.05) is 12.1 Å². The Balaban J connectivity index is 1.72. The molecule has 5 rings (SSSR count). The maximum atomic E-state index is 10.8. The molecule has 0 radical (unpaired) electrons. The minimum absolute atomic E-state index is 0.107. The summed E-state index contributed by atoms with van der Waals surface area (Å²) in [5, 5.41) is 10.8. The summed E-state index contributed by atoms with van der Waals surface area (Å²) in [5.74, 6) is 1.12. The van der Waals surface area contributed by atoms with Gasteiger partial charge in [0.1, 0.15) is 0 Å². The van der Waals surface area contributed by atoms with Gasteiger partial charge < -0.3 is 0 Å². The zero-order chi connectivity index (χ0) is 19.4. The Morgan fingerprint density at radius 2 is 1.96 bits per heavy atom. The maximum absolute atomic E-state index is 10.8. The molecule has 2 aromatic rings. The fourth-order valence-corrected chi connectivity index (χ4v) is 8.68. The zero-order valence-electron chi connectivity index (χ0n) is 15.1. The Labute approximate surface area is 178 Å².